The highest BCUT2D eigenvalue weighted by molar-refractivity contribution is 7.92. The third kappa shape index (κ3) is 6.57. The van der Waals surface area contributed by atoms with Gasteiger partial charge in [-0.1, -0.05) is 24.3 Å². The third-order valence-electron chi connectivity index (χ3n) is 6.61. The average molecular weight is 520 g/mol. The summed E-state index contributed by atoms with van der Waals surface area (Å²) >= 11 is 0. The Kier molecular flexibility index (Phi) is 7.97. The number of carbonyl (C=O) groups excluding carboxylic acids is 2. The fraction of sp³-hybridized carbons (Fsp3) is 0.310. The third-order valence-corrected chi connectivity index (χ3v) is 7.74. The van der Waals surface area contributed by atoms with Crippen molar-refractivity contribution in [3.8, 4) is 0 Å². The molecule has 4 rings (SSSR count). The van der Waals surface area contributed by atoms with Crippen LogP contribution >= 0.6 is 0 Å². The fourth-order valence-electron chi connectivity index (χ4n) is 4.48. The molecule has 0 saturated carbocycles. The number of nitrogens with one attached hydrogen (secondary N) is 1. The van der Waals surface area contributed by atoms with Gasteiger partial charge in [0.2, 0.25) is 10.0 Å². The van der Waals surface area contributed by atoms with E-state index in [9.17, 15) is 18.0 Å². The van der Waals surface area contributed by atoms with Gasteiger partial charge in [0, 0.05) is 29.9 Å². The van der Waals surface area contributed by atoms with E-state index in [-0.39, 0.29) is 18.4 Å². The predicted molar refractivity (Wildman–Crippen MR) is 148 cm³/mol. The predicted octanol–water partition coefficient (Wildman–Crippen LogP) is 5.15. The molecule has 0 atom stereocenters. The summed E-state index contributed by atoms with van der Waals surface area (Å²) in [5, 5.41) is 2.86. The molecule has 0 aliphatic carbocycles. The van der Waals surface area contributed by atoms with Gasteiger partial charge in [-0.25, -0.2) is 8.42 Å². The van der Waals surface area contributed by atoms with Gasteiger partial charge in [-0.05, 0) is 92.3 Å². The van der Waals surface area contributed by atoms with Crippen molar-refractivity contribution >= 4 is 33.2 Å². The van der Waals surface area contributed by atoms with Gasteiger partial charge >= 0.3 is 0 Å². The smallest absolute Gasteiger partial charge is 0.255 e. The molecule has 0 radical (unpaired) electrons. The highest BCUT2D eigenvalue weighted by atomic mass is 32.2. The maximum absolute atomic E-state index is 12.8. The first-order valence-corrected chi connectivity index (χ1v) is 14.3. The van der Waals surface area contributed by atoms with Crippen molar-refractivity contribution < 1.29 is 18.0 Å². The zero-order chi connectivity index (χ0) is 26.6. The Morgan fingerprint density at radius 3 is 2.11 bits per heavy atom. The second-order valence-corrected chi connectivity index (χ2v) is 11.5. The van der Waals surface area contributed by atoms with Crippen LogP contribution in [0.4, 0.5) is 11.4 Å². The van der Waals surface area contributed by atoms with Crippen molar-refractivity contribution in [3.05, 3.63) is 94.5 Å². The van der Waals surface area contributed by atoms with Crippen LogP contribution in [-0.4, -0.2) is 44.5 Å². The molecule has 7 nitrogen and oxygen atoms in total. The largest absolute Gasteiger partial charge is 0.339 e. The van der Waals surface area contributed by atoms with Crippen LogP contribution < -0.4 is 9.62 Å². The number of benzene rings is 3. The highest BCUT2D eigenvalue weighted by Crippen LogP contribution is 2.26. The van der Waals surface area contributed by atoms with Gasteiger partial charge in [0.15, 0.2) is 0 Å². The van der Waals surface area contributed by atoms with Crippen molar-refractivity contribution in [2.24, 2.45) is 0 Å². The Balaban J connectivity index is 1.42. The van der Waals surface area contributed by atoms with Crippen molar-refractivity contribution in [2.75, 3.05) is 29.0 Å². The number of rotatable bonds is 7. The summed E-state index contributed by atoms with van der Waals surface area (Å²) in [6, 6.07) is 19.6. The van der Waals surface area contributed by atoms with E-state index in [1.165, 1.54) is 10.6 Å². The number of piperidine rings is 1. The molecule has 0 aromatic heterocycles. The minimum absolute atomic E-state index is 0.0251. The molecule has 194 valence electrons. The number of nitrogens with zero attached hydrogens (tertiary/aromatic N) is 2. The fourth-order valence-corrected chi connectivity index (χ4v) is 5.41. The normalized spacial score (nSPS) is 13.8. The number of likely N-dealkylation sites (tertiary alicyclic amines) is 1. The number of sulfonamides is 1. The van der Waals surface area contributed by atoms with Crippen LogP contribution in [0.15, 0.2) is 66.7 Å². The highest BCUT2D eigenvalue weighted by Gasteiger charge is 2.21. The van der Waals surface area contributed by atoms with E-state index < -0.39 is 10.0 Å². The SMILES string of the molecule is Cc1ccc(C)c(N(Cc2ccc(C(=O)Nc3ccc(C(=O)N4CCCCC4)cc3)cc2)S(C)(=O)=O)c1. The Hall–Kier alpha value is -3.65. The van der Waals surface area contributed by atoms with E-state index in [2.05, 4.69) is 5.32 Å². The lowest BCUT2D eigenvalue weighted by molar-refractivity contribution is 0.0724. The Morgan fingerprint density at radius 2 is 1.49 bits per heavy atom. The molecule has 1 aliphatic heterocycles. The molecular formula is C29H33N3O4S. The second-order valence-electron chi connectivity index (χ2n) is 9.64. The molecule has 0 bridgehead atoms. The number of aryl methyl sites for hydroxylation is 2. The number of hydrogen-bond acceptors (Lipinski definition) is 4. The van der Waals surface area contributed by atoms with Crippen LogP contribution in [0.3, 0.4) is 0 Å². The van der Waals surface area contributed by atoms with E-state index in [0.29, 0.717) is 22.5 Å². The minimum atomic E-state index is -3.51. The Labute approximate surface area is 219 Å². The molecular weight excluding hydrogens is 486 g/mol. The molecule has 1 aliphatic rings. The number of carbonyl (C=O) groups is 2. The molecule has 1 saturated heterocycles. The Bertz CT molecular complexity index is 1380. The van der Waals surface area contributed by atoms with E-state index in [0.717, 1.165) is 49.0 Å². The summed E-state index contributed by atoms with van der Waals surface area (Å²) in [6.07, 6.45) is 4.44. The van der Waals surface area contributed by atoms with Crippen LogP contribution in [-0.2, 0) is 16.6 Å². The molecule has 3 aromatic carbocycles. The second kappa shape index (κ2) is 11.2. The maximum atomic E-state index is 12.8. The average Bonchev–Trinajstić information content (AvgIpc) is 2.89. The summed E-state index contributed by atoms with van der Waals surface area (Å²) in [6.45, 7) is 5.56. The van der Waals surface area contributed by atoms with E-state index >= 15 is 0 Å². The van der Waals surface area contributed by atoms with Crippen molar-refractivity contribution in [3.63, 3.8) is 0 Å². The molecule has 8 heteroatoms. The van der Waals surface area contributed by atoms with Crippen molar-refractivity contribution in [1.29, 1.82) is 0 Å². The number of amides is 2. The quantitative estimate of drug-likeness (QED) is 0.468. The minimum Gasteiger partial charge on any atom is -0.339 e. The molecule has 3 aromatic rings. The van der Waals surface area contributed by atoms with E-state index in [1.807, 2.05) is 36.9 Å². The lowest BCUT2D eigenvalue weighted by Gasteiger charge is -2.26. The standard InChI is InChI=1S/C29H33N3O4S/c1-21-7-8-22(2)27(19-21)32(37(3,35)36)20-23-9-11-24(12-10-23)28(33)30-26-15-13-25(14-16-26)29(34)31-17-5-4-6-18-31/h7-16,19H,4-6,17-18,20H2,1-3H3,(H,30,33). The summed E-state index contributed by atoms with van der Waals surface area (Å²) < 4.78 is 26.5. The van der Waals surface area contributed by atoms with Gasteiger partial charge in [-0.2, -0.15) is 0 Å². The number of hydrogen-bond donors (Lipinski definition) is 1. The first-order valence-electron chi connectivity index (χ1n) is 12.5. The summed E-state index contributed by atoms with van der Waals surface area (Å²) in [5.41, 5.74) is 4.93. The van der Waals surface area contributed by atoms with Crippen LogP contribution in [0.2, 0.25) is 0 Å². The van der Waals surface area contributed by atoms with Crippen LogP contribution in [0.1, 0.15) is 56.7 Å². The molecule has 37 heavy (non-hydrogen) atoms. The van der Waals surface area contributed by atoms with Gasteiger partial charge in [-0.3, -0.25) is 13.9 Å². The van der Waals surface area contributed by atoms with Gasteiger partial charge < -0.3 is 10.2 Å². The lowest BCUT2D eigenvalue weighted by Crippen LogP contribution is -2.35. The summed E-state index contributed by atoms with van der Waals surface area (Å²) in [4.78, 5) is 27.3. The summed E-state index contributed by atoms with van der Waals surface area (Å²) in [5.74, 6) is -0.256. The maximum Gasteiger partial charge on any atom is 0.255 e. The Morgan fingerprint density at radius 1 is 0.865 bits per heavy atom. The van der Waals surface area contributed by atoms with Crippen LogP contribution in [0.5, 0.6) is 0 Å². The van der Waals surface area contributed by atoms with Gasteiger partial charge in [0.1, 0.15) is 0 Å². The lowest BCUT2D eigenvalue weighted by atomic mass is 10.1. The van der Waals surface area contributed by atoms with E-state index in [4.69, 9.17) is 0 Å². The molecule has 1 heterocycles. The number of anilines is 2. The molecule has 0 unspecified atom stereocenters. The van der Waals surface area contributed by atoms with Crippen LogP contribution in [0.25, 0.3) is 0 Å². The van der Waals surface area contributed by atoms with E-state index in [1.54, 1.807) is 48.5 Å². The van der Waals surface area contributed by atoms with Gasteiger partial charge in [-0.15, -0.1) is 0 Å². The van der Waals surface area contributed by atoms with Gasteiger partial charge in [0.05, 0.1) is 18.5 Å². The molecule has 2 amide bonds. The first kappa shape index (κ1) is 26.4. The van der Waals surface area contributed by atoms with Gasteiger partial charge in [0.25, 0.3) is 11.8 Å². The molecule has 1 fully saturated rings. The zero-order valence-corrected chi connectivity index (χ0v) is 22.3. The monoisotopic (exact) mass is 519 g/mol. The van der Waals surface area contributed by atoms with Crippen LogP contribution in [0, 0.1) is 13.8 Å². The molecule has 1 N–H and O–H groups in total. The first-order chi connectivity index (χ1) is 17.6. The van der Waals surface area contributed by atoms with Crippen molar-refractivity contribution in [2.45, 2.75) is 39.7 Å². The summed E-state index contributed by atoms with van der Waals surface area (Å²) in [7, 11) is -3.51. The zero-order valence-electron chi connectivity index (χ0n) is 21.5. The topological polar surface area (TPSA) is 86.8 Å². The molecule has 0 spiro atoms. The van der Waals surface area contributed by atoms with Crippen molar-refractivity contribution in [1.82, 2.24) is 4.90 Å².